The Morgan fingerprint density at radius 3 is 2.65 bits per heavy atom. The molecule has 0 aromatic heterocycles. The number of nitrogens with two attached hydrogens (primary N) is 1. The van der Waals surface area contributed by atoms with Crippen LogP contribution in [0.1, 0.15) is 50.7 Å². The molecule has 1 aliphatic heterocycles. The molecule has 1 heterocycles. The summed E-state index contributed by atoms with van der Waals surface area (Å²) < 4.78 is 0. The van der Waals surface area contributed by atoms with Gasteiger partial charge in [0, 0.05) is 25.7 Å². The molecule has 0 saturated carbocycles. The molecule has 1 aliphatic rings. The number of rotatable bonds is 7. The summed E-state index contributed by atoms with van der Waals surface area (Å²) in [5.41, 5.74) is 9.03. The molecule has 1 aromatic carbocycles. The molecule has 0 bridgehead atoms. The van der Waals surface area contributed by atoms with Gasteiger partial charge in [-0.25, -0.2) is 0 Å². The highest BCUT2D eigenvalue weighted by Crippen LogP contribution is 2.25. The maximum absolute atomic E-state index is 6.03. The number of nitrogens with zero attached hydrogens (tertiary/aromatic N) is 1. The topological polar surface area (TPSA) is 29.3 Å². The lowest BCUT2D eigenvalue weighted by Crippen LogP contribution is -2.46. The van der Waals surface area contributed by atoms with E-state index in [0.717, 1.165) is 25.4 Å². The third kappa shape index (κ3) is 3.83. The normalized spacial score (nSPS) is 20.6. The zero-order chi connectivity index (χ0) is 14.4. The average Bonchev–Trinajstić information content (AvgIpc) is 2.50. The van der Waals surface area contributed by atoms with Crippen LogP contribution in [0.5, 0.6) is 0 Å². The van der Waals surface area contributed by atoms with Gasteiger partial charge < -0.3 is 5.73 Å². The Bertz CT molecular complexity index is 402. The highest BCUT2D eigenvalue weighted by Gasteiger charge is 2.26. The van der Waals surface area contributed by atoms with Crippen molar-refractivity contribution in [2.45, 2.75) is 58.5 Å². The van der Waals surface area contributed by atoms with E-state index in [1.165, 1.54) is 43.4 Å². The van der Waals surface area contributed by atoms with Crippen LogP contribution in [0.2, 0.25) is 0 Å². The third-order valence-electron chi connectivity index (χ3n) is 4.77. The molecule has 2 unspecified atom stereocenters. The second kappa shape index (κ2) is 7.80. The van der Waals surface area contributed by atoms with Gasteiger partial charge in [-0.15, -0.1) is 0 Å². The number of benzene rings is 1. The highest BCUT2D eigenvalue weighted by atomic mass is 15.2. The smallest absolute Gasteiger partial charge is 0.0262 e. The van der Waals surface area contributed by atoms with Gasteiger partial charge in [0.15, 0.2) is 0 Å². The third-order valence-corrected chi connectivity index (χ3v) is 4.77. The molecule has 1 aromatic rings. The first kappa shape index (κ1) is 15.5. The van der Waals surface area contributed by atoms with Crippen LogP contribution in [0.4, 0.5) is 0 Å². The molecule has 2 atom stereocenters. The van der Waals surface area contributed by atoms with Crippen molar-refractivity contribution < 1.29 is 0 Å². The molecule has 0 spiro atoms. The zero-order valence-electron chi connectivity index (χ0n) is 13.1. The lowest BCUT2D eigenvalue weighted by molar-refractivity contribution is 0.142. The molecule has 0 fully saturated rings. The van der Waals surface area contributed by atoms with Crippen LogP contribution in [-0.4, -0.2) is 24.0 Å². The molecule has 0 aliphatic carbocycles. The van der Waals surface area contributed by atoms with Crippen LogP contribution in [0.25, 0.3) is 0 Å². The van der Waals surface area contributed by atoms with Gasteiger partial charge in [0.2, 0.25) is 0 Å². The molecule has 0 radical (unpaired) electrons. The second-order valence-electron chi connectivity index (χ2n) is 6.21. The summed E-state index contributed by atoms with van der Waals surface area (Å²) >= 11 is 0. The fourth-order valence-electron chi connectivity index (χ4n) is 3.34. The summed E-state index contributed by atoms with van der Waals surface area (Å²) in [5, 5.41) is 0. The number of hydrogen-bond acceptors (Lipinski definition) is 2. The average molecular weight is 274 g/mol. The summed E-state index contributed by atoms with van der Waals surface area (Å²) in [6.07, 6.45) is 6.44. The van der Waals surface area contributed by atoms with E-state index in [2.05, 4.69) is 43.0 Å². The van der Waals surface area contributed by atoms with E-state index < -0.39 is 0 Å². The summed E-state index contributed by atoms with van der Waals surface area (Å²) in [5.74, 6) is 0.828. The number of fused-ring (bicyclic) bond motifs is 1. The van der Waals surface area contributed by atoms with E-state index in [1.54, 1.807) is 0 Å². The minimum atomic E-state index is 0.528. The van der Waals surface area contributed by atoms with E-state index in [0.29, 0.717) is 6.04 Å². The Morgan fingerprint density at radius 1 is 1.25 bits per heavy atom. The van der Waals surface area contributed by atoms with Crippen molar-refractivity contribution in [1.82, 2.24) is 4.90 Å². The zero-order valence-corrected chi connectivity index (χ0v) is 13.1. The van der Waals surface area contributed by atoms with Crippen molar-refractivity contribution in [3.8, 4) is 0 Å². The predicted octanol–water partition coefficient (Wildman–Crippen LogP) is 3.59. The standard InChI is InChI=1S/C18H30N2/c1-3-5-8-15(4-2)13-20-14-17-10-7-6-9-16(17)11-18(20)12-19/h6-7,9-10,15,18H,3-5,8,11-14,19H2,1-2H3. The highest BCUT2D eigenvalue weighted by molar-refractivity contribution is 5.30. The van der Waals surface area contributed by atoms with E-state index in [9.17, 15) is 0 Å². The van der Waals surface area contributed by atoms with Crippen molar-refractivity contribution in [2.75, 3.05) is 13.1 Å². The lowest BCUT2D eigenvalue weighted by atomic mass is 9.91. The largest absolute Gasteiger partial charge is 0.329 e. The summed E-state index contributed by atoms with van der Waals surface area (Å²) in [6.45, 7) is 7.69. The van der Waals surface area contributed by atoms with Crippen LogP contribution in [0, 0.1) is 5.92 Å². The van der Waals surface area contributed by atoms with Gasteiger partial charge in [-0.05, 0) is 29.9 Å². The van der Waals surface area contributed by atoms with Crippen molar-refractivity contribution in [2.24, 2.45) is 11.7 Å². The number of hydrogen-bond donors (Lipinski definition) is 1. The van der Waals surface area contributed by atoms with Crippen molar-refractivity contribution in [3.63, 3.8) is 0 Å². The molecule has 0 saturated heterocycles. The Balaban J connectivity index is 2.02. The molecule has 2 N–H and O–H groups in total. The first-order chi connectivity index (χ1) is 9.78. The van der Waals surface area contributed by atoms with Gasteiger partial charge in [-0.2, -0.15) is 0 Å². The fraction of sp³-hybridized carbons (Fsp3) is 0.667. The molecule has 0 amide bonds. The van der Waals surface area contributed by atoms with Gasteiger partial charge >= 0.3 is 0 Å². The molecule has 2 rings (SSSR count). The second-order valence-corrected chi connectivity index (χ2v) is 6.21. The first-order valence-corrected chi connectivity index (χ1v) is 8.29. The minimum absolute atomic E-state index is 0.528. The maximum Gasteiger partial charge on any atom is 0.0262 e. The van der Waals surface area contributed by atoms with E-state index in [4.69, 9.17) is 5.73 Å². The van der Waals surface area contributed by atoms with Gasteiger partial charge in [0.1, 0.15) is 0 Å². The molecule has 2 heteroatoms. The molecule has 2 nitrogen and oxygen atoms in total. The molecular weight excluding hydrogens is 244 g/mol. The van der Waals surface area contributed by atoms with Gasteiger partial charge in [0.05, 0.1) is 0 Å². The molecule has 112 valence electrons. The van der Waals surface area contributed by atoms with Gasteiger partial charge in [0.25, 0.3) is 0 Å². The van der Waals surface area contributed by atoms with E-state index >= 15 is 0 Å². The number of unbranched alkanes of at least 4 members (excludes halogenated alkanes) is 1. The molecular formula is C18H30N2. The SMILES string of the molecule is CCCCC(CC)CN1Cc2ccccc2CC1CN. The Hall–Kier alpha value is -0.860. The summed E-state index contributed by atoms with van der Waals surface area (Å²) in [7, 11) is 0. The van der Waals surface area contributed by atoms with E-state index in [1.807, 2.05) is 0 Å². The van der Waals surface area contributed by atoms with Crippen LogP contribution in [-0.2, 0) is 13.0 Å². The lowest BCUT2D eigenvalue weighted by Gasteiger charge is -2.38. The first-order valence-electron chi connectivity index (χ1n) is 8.29. The van der Waals surface area contributed by atoms with Crippen molar-refractivity contribution in [1.29, 1.82) is 0 Å². The quantitative estimate of drug-likeness (QED) is 0.823. The van der Waals surface area contributed by atoms with Crippen LogP contribution >= 0.6 is 0 Å². The van der Waals surface area contributed by atoms with E-state index in [-0.39, 0.29) is 0 Å². The van der Waals surface area contributed by atoms with Gasteiger partial charge in [-0.3, -0.25) is 4.90 Å². The van der Waals surface area contributed by atoms with Gasteiger partial charge in [-0.1, -0.05) is 57.4 Å². The summed E-state index contributed by atoms with van der Waals surface area (Å²) in [4.78, 5) is 2.63. The maximum atomic E-state index is 6.03. The Kier molecular flexibility index (Phi) is 6.06. The van der Waals surface area contributed by atoms with Crippen LogP contribution in [0.15, 0.2) is 24.3 Å². The Labute approximate surface area is 124 Å². The van der Waals surface area contributed by atoms with Crippen LogP contribution in [0.3, 0.4) is 0 Å². The fourth-order valence-corrected chi connectivity index (χ4v) is 3.34. The minimum Gasteiger partial charge on any atom is -0.329 e. The van der Waals surface area contributed by atoms with Crippen molar-refractivity contribution in [3.05, 3.63) is 35.4 Å². The molecule has 20 heavy (non-hydrogen) atoms. The summed E-state index contributed by atoms with van der Waals surface area (Å²) in [6, 6.07) is 9.39. The van der Waals surface area contributed by atoms with Crippen molar-refractivity contribution >= 4 is 0 Å². The van der Waals surface area contributed by atoms with Crippen LogP contribution < -0.4 is 5.73 Å². The predicted molar refractivity (Wildman–Crippen MR) is 86.7 cm³/mol. The monoisotopic (exact) mass is 274 g/mol. The Morgan fingerprint density at radius 2 is 2.00 bits per heavy atom.